The first kappa shape index (κ1) is 20.6. The molecule has 0 saturated heterocycles. The lowest BCUT2D eigenvalue weighted by molar-refractivity contribution is -0.117. The van der Waals surface area contributed by atoms with Gasteiger partial charge in [0.05, 0.1) is 16.6 Å². The molecule has 3 aromatic rings. The summed E-state index contributed by atoms with van der Waals surface area (Å²) in [6.07, 6.45) is 2.05. The van der Waals surface area contributed by atoms with E-state index in [1.54, 1.807) is 24.4 Å². The van der Waals surface area contributed by atoms with Gasteiger partial charge in [-0.2, -0.15) is 9.71 Å². The molecule has 0 bridgehead atoms. The Bertz CT molecular complexity index is 1200. The molecule has 1 aromatic carbocycles. The van der Waals surface area contributed by atoms with E-state index in [0.717, 1.165) is 18.5 Å². The van der Waals surface area contributed by atoms with Gasteiger partial charge in [0, 0.05) is 16.9 Å². The minimum absolute atomic E-state index is 0.0579. The molecule has 1 unspecified atom stereocenters. The summed E-state index contributed by atoms with van der Waals surface area (Å²) in [6.45, 7) is 4.98. The normalized spacial score (nSPS) is 15.2. The number of nitrogens with one attached hydrogen (secondary N) is 2. The van der Waals surface area contributed by atoms with Crippen molar-refractivity contribution in [3.8, 4) is 11.4 Å². The summed E-state index contributed by atoms with van der Waals surface area (Å²) in [5.74, 6) is 0.741. The number of aromatic nitrogens is 3. The van der Waals surface area contributed by atoms with E-state index < -0.39 is 22.0 Å². The number of anilines is 1. The van der Waals surface area contributed by atoms with Gasteiger partial charge in [-0.3, -0.25) is 4.79 Å². The predicted molar refractivity (Wildman–Crippen MR) is 112 cm³/mol. The van der Waals surface area contributed by atoms with Gasteiger partial charge >= 0.3 is 0 Å². The van der Waals surface area contributed by atoms with Gasteiger partial charge in [0.2, 0.25) is 27.6 Å². The third-order valence-electron chi connectivity index (χ3n) is 4.68. The molecule has 9 nitrogen and oxygen atoms in total. The molecule has 1 aliphatic rings. The fraction of sp³-hybridized carbons (Fsp3) is 0.368. The number of hydrogen-bond acceptors (Lipinski definition) is 8. The average Bonchev–Trinajstić information content (AvgIpc) is 3.28. The van der Waals surface area contributed by atoms with Crippen molar-refractivity contribution in [1.29, 1.82) is 0 Å². The van der Waals surface area contributed by atoms with Crippen molar-refractivity contribution in [1.82, 2.24) is 19.8 Å². The first-order valence-corrected chi connectivity index (χ1v) is 11.8. The molecule has 1 aliphatic carbocycles. The second kappa shape index (κ2) is 7.89. The minimum Gasteiger partial charge on any atom is -0.339 e. The van der Waals surface area contributed by atoms with E-state index in [0.29, 0.717) is 33.9 Å². The van der Waals surface area contributed by atoms with Crippen molar-refractivity contribution in [2.24, 2.45) is 0 Å². The van der Waals surface area contributed by atoms with Gasteiger partial charge in [0.15, 0.2) is 5.13 Å². The molecule has 2 aromatic heterocycles. The van der Waals surface area contributed by atoms with Crippen LogP contribution in [-0.2, 0) is 14.8 Å². The summed E-state index contributed by atoms with van der Waals surface area (Å²) in [7, 11) is -3.96. The molecule has 158 valence electrons. The van der Waals surface area contributed by atoms with Crippen LogP contribution in [0, 0.1) is 13.8 Å². The predicted octanol–water partition coefficient (Wildman–Crippen LogP) is 2.99. The van der Waals surface area contributed by atoms with Crippen molar-refractivity contribution in [3.63, 3.8) is 0 Å². The highest BCUT2D eigenvalue weighted by Gasteiger charge is 2.30. The molecule has 1 atom stereocenters. The smallest absolute Gasteiger partial charge is 0.244 e. The minimum atomic E-state index is -3.96. The van der Waals surface area contributed by atoms with Gasteiger partial charge in [0.1, 0.15) is 0 Å². The monoisotopic (exact) mass is 447 g/mol. The van der Waals surface area contributed by atoms with E-state index in [1.165, 1.54) is 24.3 Å². The van der Waals surface area contributed by atoms with Gasteiger partial charge < -0.3 is 9.84 Å². The van der Waals surface area contributed by atoms with E-state index >= 15 is 0 Å². The van der Waals surface area contributed by atoms with Gasteiger partial charge in [-0.15, -0.1) is 11.3 Å². The molecule has 0 spiro atoms. The zero-order chi connectivity index (χ0) is 21.5. The number of nitrogens with zero attached hydrogens (tertiary/aromatic N) is 3. The Hall–Kier alpha value is -2.63. The largest absolute Gasteiger partial charge is 0.339 e. The second-order valence-electron chi connectivity index (χ2n) is 7.34. The maximum absolute atomic E-state index is 13.0. The number of hydrogen-bond donors (Lipinski definition) is 2. The Labute approximate surface area is 178 Å². The van der Waals surface area contributed by atoms with Gasteiger partial charge in [-0.1, -0.05) is 17.3 Å². The number of amides is 1. The third-order valence-corrected chi connectivity index (χ3v) is 7.24. The number of carbonyl (C=O) groups excluding carboxylic acids is 1. The fourth-order valence-electron chi connectivity index (χ4n) is 2.85. The third kappa shape index (κ3) is 4.42. The van der Waals surface area contributed by atoms with E-state index in [-0.39, 0.29) is 4.90 Å². The second-order valence-corrected chi connectivity index (χ2v) is 9.88. The number of thiazole rings is 1. The number of aryl methyl sites for hydroxylation is 2. The van der Waals surface area contributed by atoms with E-state index in [4.69, 9.17) is 4.52 Å². The first-order chi connectivity index (χ1) is 14.2. The summed E-state index contributed by atoms with van der Waals surface area (Å²) in [5, 5.41) is 8.80. The van der Waals surface area contributed by atoms with Crippen LogP contribution in [0.2, 0.25) is 0 Å². The molecule has 0 radical (unpaired) electrons. The highest BCUT2D eigenvalue weighted by Crippen LogP contribution is 2.39. The lowest BCUT2D eigenvalue weighted by atomic mass is 10.1. The van der Waals surface area contributed by atoms with Crippen molar-refractivity contribution < 1.29 is 17.7 Å². The Morgan fingerprint density at radius 1 is 1.27 bits per heavy atom. The van der Waals surface area contributed by atoms with Crippen LogP contribution in [-0.4, -0.2) is 35.5 Å². The molecule has 1 fully saturated rings. The lowest BCUT2D eigenvalue weighted by Gasteiger charge is -2.15. The summed E-state index contributed by atoms with van der Waals surface area (Å²) in [5.41, 5.74) is 1.86. The van der Waals surface area contributed by atoms with Gasteiger partial charge in [0.25, 0.3) is 0 Å². The van der Waals surface area contributed by atoms with Crippen LogP contribution in [0.5, 0.6) is 0 Å². The summed E-state index contributed by atoms with van der Waals surface area (Å²) < 4.78 is 33.6. The molecular formula is C19H21N5O4S2. The maximum atomic E-state index is 13.0. The van der Waals surface area contributed by atoms with E-state index in [2.05, 4.69) is 25.2 Å². The zero-order valence-electron chi connectivity index (χ0n) is 16.7. The fourth-order valence-corrected chi connectivity index (χ4v) is 5.02. The maximum Gasteiger partial charge on any atom is 0.244 e. The van der Waals surface area contributed by atoms with Crippen LogP contribution < -0.4 is 10.0 Å². The molecule has 2 N–H and O–H groups in total. The molecular weight excluding hydrogens is 426 g/mol. The SMILES string of the molecule is Cc1csc(NC(=O)C(C)NS(=O)(=O)c2cc(-c3noc(C4CC4)n3)ccc2C)n1. The van der Waals surface area contributed by atoms with Crippen LogP contribution >= 0.6 is 11.3 Å². The van der Waals surface area contributed by atoms with Crippen LogP contribution in [0.1, 0.15) is 42.8 Å². The standard InChI is InChI=1S/C19H21N5O4S2/c1-10-4-5-14(16-21-18(28-23-16)13-6-7-13)8-15(10)30(26,27)24-12(3)17(25)22-19-20-11(2)9-29-19/h4-5,8-9,12-13,24H,6-7H2,1-3H3,(H,20,22,25). The number of sulfonamides is 1. The number of benzene rings is 1. The molecule has 4 rings (SSSR count). The molecule has 1 saturated carbocycles. The van der Waals surface area contributed by atoms with Crippen molar-refractivity contribution in [2.45, 2.75) is 50.5 Å². The van der Waals surface area contributed by atoms with E-state index in [1.807, 2.05) is 6.92 Å². The average molecular weight is 448 g/mol. The summed E-state index contributed by atoms with van der Waals surface area (Å²) >= 11 is 1.28. The van der Waals surface area contributed by atoms with Gasteiger partial charge in [-0.05, 0) is 45.2 Å². The molecule has 2 heterocycles. The highest BCUT2D eigenvalue weighted by molar-refractivity contribution is 7.89. The molecule has 0 aliphatic heterocycles. The Morgan fingerprint density at radius 2 is 2.03 bits per heavy atom. The molecule has 11 heteroatoms. The lowest BCUT2D eigenvalue weighted by Crippen LogP contribution is -2.41. The van der Waals surface area contributed by atoms with Crippen molar-refractivity contribution in [3.05, 3.63) is 40.7 Å². The topological polar surface area (TPSA) is 127 Å². The quantitative estimate of drug-likeness (QED) is 0.570. The van der Waals surface area contributed by atoms with Crippen LogP contribution in [0.4, 0.5) is 5.13 Å². The first-order valence-electron chi connectivity index (χ1n) is 9.43. The van der Waals surface area contributed by atoms with Crippen LogP contribution in [0.25, 0.3) is 11.4 Å². The van der Waals surface area contributed by atoms with Crippen LogP contribution in [0.15, 0.2) is 33.0 Å². The Morgan fingerprint density at radius 3 is 2.70 bits per heavy atom. The van der Waals surface area contributed by atoms with Crippen molar-refractivity contribution >= 4 is 32.4 Å². The summed E-state index contributed by atoms with van der Waals surface area (Å²) in [6, 6.07) is 3.93. The molecule has 1 amide bonds. The molecule has 30 heavy (non-hydrogen) atoms. The summed E-state index contributed by atoms with van der Waals surface area (Å²) in [4.78, 5) is 21.0. The Kier molecular flexibility index (Phi) is 5.43. The Balaban J connectivity index is 1.53. The van der Waals surface area contributed by atoms with Crippen LogP contribution in [0.3, 0.4) is 0 Å². The van der Waals surface area contributed by atoms with Gasteiger partial charge in [-0.25, -0.2) is 13.4 Å². The van der Waals surface area contributed by atoms with E-state index in [9.17, 15) is 13.2 Å². The number of carbonyl (C=O) groups is 1. The number of rotatable bonds is 7. The zero-order valence-corrected chi connectivity index (χ0v) is 18.3. The van der Waals surface area contributed by atoms with Crippen molar-refractivity contribution in [2.75, 3.05) is 5.32 Å². The highest BCUT2D eigenvalue weighted by atomic mass is 32.2.